The fourth-order valence-electron chi connectivity index (χ4n) is 3.97. The number of ether oxygens (including phenoxy) is 1. The molecule has 2 amide bonds. The molecule has 0 N–H and O–H groups in total. The molecular weight excluding hydrogens is 364 g/mol. The van der Waals surface area contributed by atoms with Crippen molar-refractivity contribution in [3.63, 3.8) is 0 Å². The summed E-state index contributed by atoms with van der Waals surface area (Å²) in [6.07, 6.45) is 2.93. The third-order valence-electron chi connectivity index (χ3n) is 5.59. The zero-order chi connectivity index (χ0) is 20.1. The van der Waals surface area contributed by atoms with E-state index in [0.717, 1.165) is 50.2 Å². The van der Waals surface area contributed by atoms with Gasteiger partial charge in [-0.1, -0.05) is 0 Å². The van der Waals surface area contributed by atoms with Gasteiger partial charge in [0.1, 0.15) is 11.6 Å². The summed E-state index contributed by atoms with van der Waals surface area (Å²) < 4.78 is 32.4. The Morgan fingerprint density at radius 2 is 1.82 bits per heavy atom. The third-order valence-corrected chi connectivity index (χ3v) is 5.59. The zero-order valence-corrected chi connectivity index (χ0v) is 16.1. The van der Waals surface area contributed by atoms with Crippen LogP contribution in [-0.2, 0) is 4.74 Å². The van der Waals surface area contributed by atoms with E-state index in [4.69, 9.17) is 4.74 Å². The number of methoxy groups -OCH3 is 1. The van der Waals surface area contributed by atoms with Gasteiger partial charge in [0, 0.05) is 51.5 Å². The molecule has 28 heavy (non-hydrogen) atoms. The van der Waals surface area contributed by atoms with Crippen LogP contribution in [-0.4, -0.2) is 55.7 Å². The van der Waals surface area contributed by atoms with Crippen LogP contribution in [0.15, 0.2) is 23.8 Å². The van der Waals surface area contributed by atoms with Crippen molar-refractivity contribution in [2.75, 3.05) is 39.9 Å². The van der Waals surface area contributed by atoms with Crippen LogP contribution in [0.3, 0.4) is 0 Å². The Bertz CT molecular complexity index is 785. The van der Waals surface area contributed by atoms with Crippen LogP contribution in [0.5, 0.6) is 0 Å². The quantitative estimate of drug-likeness (QED) is 0.739. The lowest BCUT2D eigenvalue weighted by Crippen LogP contribution is -2.48. The molecule has 0 atom stereocenters. The molecule has 0 bridgehead atoms. The zero-order valence-electron chi connectivity index (χ0n) is 16.1. The molecule has 0 saturated carbocycles. The lowest BCUT2D eigenvalue weighted by molar-refractivity contribution is 0.0938. The predicted molar refractivity (Wildman–Crippen MR) is 101 cm³/mol. The van der Waals surface area contributed by atoms with E-state index in [1.165, 1.54) is 6.07 Å². The average molecular weight is 389 g/mol. The van der Waals surface area contributed by atoms with E-state index in [-0.39, 0.29) is 17.2 Å². The van der Waals surface area contributed by atoms with Gasteiger partial charge in [0.05, 0.1) is 11.6 Å². The van der Waals surface area contributed by atoms with Crippen LogP contribution in [0.25, 0.3) is 5.57 Å². The highest BCUT2D eigenvalue weighted by Crippen LogP contribution is 2.29. The number of likely N-dealkylation sites (tertiary alicyclic amines) is 2. The van der Waals surface area contributed by atoms with E-state index in [2.05, 4.69) is 6.07 Å². The molecule has 1 aromatic rings. The van der Waals surface area contributed by atoms with Crippen molar-refractivity contribution in [1.29, 1.82) is 5.26 Å². The van der Waals surface area contributed by atoms with E-state index in [9.17, 15) is 18.8 Å². The molecule has 2 saturated heterocycles. The number of carbonyl (C=O) groups is 1. The molecule has 1 aromatic carbocycles. The number of benzene rings is 1. The number of hydrogen-bond donors (Lipinski definition) is 0. The number of urea groups is 1. The monoisotopic (exact) mass is 389 g/mol. The van der Waals surface area contributed by atoms with Crippen molar-refractivity contribution in [3.05, 3.63) is 41.0 Å². The molecule has 2 fully saturated rings. The van der Waals surface area contributed by atoms with Gasteiger partial charge in [0.2, 0.25) is 0 Å². The van der Waals surface area contributed by atoms with Gasteiger partial charge >= 0.3 is 6.03 Å². The average Bonchev–Trinajstić information content (AvgIpc) is 2.71. The summed E-state index contributed by atoms with van der Waals surface area (Å²) >= 11 is 0. The Morgan fingerprint density at radius 1 is 1.18 bits per heavy atom. The Labute approximate surface area is 164 Å². The summed E-state index contributed by atoms with van der Waals surface area (Å²) in [5, 5.41) is 9.51. The first-order valence-corrected chi connectivity index (χ1v) is 9.63. The third kappa shape index (κ3) is 4.50. The molecule has 3 rings (SSSR count). The highest BCUT2D eigenvalue weighted by atomic mass is 19.1. The van der Waals surface area contributed by atoms with Crippen molar-refractivity contribution in [3.8, 4) is 6.07 Å². The van der Waals surface area contributed by atoms with Crippen molar-refractivity contribution >= 4 is 11.6 Å². The molecule has 2 heterocycles. The van der Waals surface area contributed by atoms with Crippen LogP contribution in [0.2, 0.25) is 0 Å². The Hall–Kier alpha value is -2.46. The van der Waals surface area contributed by atoms with Gasteiger partial charge in [-0.25, -0.2) is 13.6 Å². The maximum absolute atomic E-state index is 14.1. The van der Waals surface area contributed by atoms with Crippen molar-refractivity contribution in [2.24, 2.45) is 5.92 Å². The minimum Gasteiger partial charge on any atom is -0.384 e. The molecule has 0 spiro atoms. The minimum absolute atomic E-state index is 0.0291. The SMILES string of the molecule is COCC1CCN(C(=O)N2CCC(=C(C#N)c3ccc(F)cc3F)CC2)CC1. The van der Waals surface area contributed by atoms with Gasteiger partial charge in [-0.15, -0.1) is 0 Å². The second-order valence-corrected chi connectivity index (χ2v) is 7.37. The maximum atomic E-state index is 14.1. The van der Waals surface area contributed by atoms with Gasteiger partial charge in [-0.3, -0.25) is 0 Å². The number of piperidine rings is 2. The summed E-state index contributed by atoms with van der Waals surface area (Å²) in [6, 6.07) is 5.34. The number of rotatable bonds is 3. The van der Waals surface area contributed by atoms with E-state index in [1.54, 1.807) is 12.0 Å². The number of nitriles is 1. The first-order chi connectivity index (χ1) is 13.5. The summed E-state index contributed by atoms with van der Waals surface area (Å²) in [5.74, 6) is -0.895. The second kappa shape index (κ2) is 9.16. The van der Waals surface area contributed by atoms with E-state index >= 15 is 0 Å². The molecule has 2 aliphatic heterocycles. The van der Waals surface area contributed by atoms with Crippen molar-refractivity contribution in [1.82, 2.24) is 9.80 Å². The first-order valence-electron chi connectivity index (χ1n) is 9.63. The van der Waals surface area contributed by atoms with Gasteiger partial charge in [0.15, 0.2) is 0 Å². The minimum atomic E-state index is -0.735. The van der Waals surface area contributed by atoms with Crippen LogP contribution in [0.4, 0.5) is 13.6 Å². The Morgan fingerprint density at radius 3 is 2.39 bits per heavy atom. The van der Waals surface area contributed by atoms with E-state index in [1.807, 2.05) is 4.90 Å². The first kappa shape index (κ1) is 20.3. The Kier molecular flexibility index (Phi) is 6.63. The van der Waals surface area contributed by atoms with Gasteiger partial charge in [-0.05, 0) is 49.3 Å². The molecule has 5 nitrogen and oxygen atoms in total. The number of halogens is 2. The molecule has 150 valence electrons. The topological polar surface area (TPSA) is 56.6 Å². The lowest BCUT2D eigenvalue weighted by Gasteiger charge is -2.37. The molecule has 2 aliphatic rings. The van der Waals surface area contributed by atoms with Crippen LogP contribution in [0.1, 0.15) is 31.2 Å². The molecule has 7 heteroatoms. The fourth-order valence-corrected chi connectivity index (χ4v) is 3.97. The predicted octanol–water partition coefficient (Wildman–Crippen LogP) is 3.82. The Balaban J connectivity index is 1.62. The standard InChI is InChI=1S/C21H25F2N3O2/c1-28-14-15-4-8-25(9-5-15)21(27)26-10-6-16(7-11-26)19(13-24)18-3-2-17(22)12-20(18)23/h2-3,12,15H,4-11,14H2,1H3. The summed E-state index contributed by atoms with van der Waals surface area (Å²) in [7, 11) is 1.70. The summed E-state index contributed by atoms with van der Waals surface area (Å²) in [6.45, 7) is 3.20. The number of nitrogens with zero attached hydrogens (tertiary/aromatic N) is 3. The maximum Gasteiger partial charge on any atom is 0.320 e. The molecule has 0 aliphatic carbocycles. The van der Waals surface area contributed by atoms with Crippen LogP contribution >= 0.6 is 0 Å². The van der Waals surface area contributed by atoms with Gasteiger partial charge in [-0.2, -0.15) is 5.26 Å². The van der Waals surface area contributed by atoms with Crippen LogP contribution < -0.4 is 0 Å². The highest BCUT2D eigenvalue weighted by Gasteiger charge is 2.28. The highest BCUT2D eigenvalue weighted by molar-refractivity contribution is 5.80. The van der Waals surface area contributed by atoms with E-state index < -0.39 is 11.6 Å². The number of carbonyl (C=O) groups excluding carboxylic acids is 1. The number of hydrogen-bond acceptors (Lipinski definition) is 3. The van der Waals surface area contributed by atoms with Gasteiger partial charge < -0.3 is 14.5 Å². The number of allylic oxidation sites excluding steroid dienone is 1. The molecular formula is C21H25F2N3O2. The summed E-state index contributed by atoms with van der Waals surface area (Å²) in [4.78, 5) is 16.4. The molecule has 0 radical (unpaired) electrons. The fraction of sp³-hybridized carbons (Fsp3) is 0.524. The lowest BCUT2D eigenvalue weighted by atomic mass is 9.93. The van der Waals surface area contributed by atoms with E-state index in [0.29, 0.717) is 31.8 Å². The normalized spacial score (nSPS) is 18.1. The second-order valence-electron chi connectivity index (χ2n) is 7.37. The van der Waals surface area contributed by atoms with Crippen molar-refractivity contribution < 1.29 is 18.3 Å². The molecule has 0 aromatic heterocycles. The summed E-state index contributed by atoms with van der Waals surface area (Å²) in [5.41, 5.74) is 1.19. The number of amides is 2. The largest absolute Gasteiger partial charge is 0.384 e. The van der Waals surface area contributed by atoms with Gasteiger partial charge in [0.25, 0.3) is 0 Å². The smallest absolute Gasteiger partial charge is 0.320 e. The van der Waals surface area contributed by atoms with Crippen molar-refractivity contribution in [2.45, 2.75) is 25.7 Å². The van der Waals surface area contributed by atoms with Crippen LogP contribution in [0, 0.1) is 28.9 Å². The molecule has 0 unspecified atom stereocenters.